The summed E-state index contributed by atoms with van der Waals surface area (Å²) in [5, 5.41) is 11.7. The van der Waals surface area contributed by atoms with E-state index < -0.39 is 18.4 Å². The maximum atomic E-state index is 12.2. The van der Waals surface area contributed by atoms with Crippen LogP contribution in [0, 0.1) is 0 Å². The average molecular weight is 413 g/mol. The van der Waals surface area contributed by atoms with Gasteiger partial charge in [0.15, 0.2) is 0 Å². The molecule has 25 heavy (non-hydrogen) atoms. The summed E-state index contributed by atoms with van der Waals surface area (Å²) in [6.07, 6.45) is 1.50. The highest BCUT2D eigenvalue weighted by Gasteiger charge is 2.32. The monoisotopic (exact) mass is 412 g/mol. The zero-order chi connectivity index (χ0) is 18.1. The summed E-state index contributed by atoms with van der Waals surface area (Å²) in [4.78, 5) is 24.1. The number of hydrogen-bond donors (Lipinski definition) is 0. The summed E-state index contributed by atoms with van der Waals surface area (Å²) in [6.45, 7) is -0.580. The molecule has 0 bridgehead atoms. The SMILES string of the molecule is O=C([O-])CN1C(=O)/C(=C/c2ccc(-c3cc(Cl)ccc3Cl)o2)SC1=S. The first kappa shape index (κ1) is 18.0. The van der Waals surface area contributed by atoms with E-state index >= 15 is 0 Å². The molecule has 0 aliphatic carbocycles. The minimum atomic E-state index is -1.38. The topological polar surface area (TPSA) is 73.6 Å². The van der Waals surface area contributed by atoms with Crippen molar-refractivity contribution < 1.29 is 19.1 Å². The van der Waals surface area contributed by atoms with Crippen LogP contribution in [-0.4, -0.2) is 27.6 Å². The number of nitrogens with zero attached hydrogens (tertiary/aromatic N) is 1. The molecule has 9 heteroatoms. The second-order valence-corrected chi connectivity index (χ2v) is 7.49. The van der Waals surface area contributed by atoms with Crippen molar-refractivity contribution in [3.8, 4) is 11.3 Å². The van der Waals surface area contributed by atoms with Gasteiger partial charge in [0.1, 0.15) is 15.8 Å². The fourth-order valence-corrected chi connectivity index (χ4v) is 3.77. The van der Waals surface area contributed by atoms with Gasteiger partial charge in [-0.05, 0) is 30.3 Å². The van der Waals surface area contributed by atoms with Gasteiger partial charge in [-0.15, -0.1) is 0 Å². The Balaban J connectivity index is 1.87. The van der Waals surface area contributed by atoms with E-state index in [1.54, 1.807) is 30.3 Å². The van der Waals surface area contributed by atoms with Crippen molar-refractivity contribution in [2.24, 2.45) is 0 Å². The molecule has 3 rings (SSSR count). The van der Waals surface area contributed by atoms with E-state index in [2.05, 4.69) is 0 Å². The number of halogens is 2. The van der Waals surface area contributed by atoms with Crippen LogP contribution in [0.25, 0.3) is 17.4 Å². The third-order valence-electron chi connectivity index (χ3n) is 3.25. The van der Waals surface area contributed by atoms with E-state index in [1.165, 1.54) is 6.08 Å². The lowest BCUT2D eigenvalue weighted by Crippen LogP contribution is -2.40. The first-order chi connectivity index (χ1) is 11.8. The average Bonchev–Trinajstić information content (AvgIpc) is 3.10. The molecular formula is C16H8Cl2NO4S2-. The molecule has 128 valence electrons. The van der Waals surface area contributed by atoms with Crippen molar-refractivity contribution >= 4 is 69.5 Å². The number of carbonyl (C=O) groups is 2. The highest BCUT2D eigenvalue weighted by molar-refractivity contribution is 8.26. The molecule has 1 aromatic carbocycles. The minimum absolute atomic E-state index is 0.158. The van der Waals surface area contributed by atoms with E-state index in [4.69, 9.17) is 39.8 Å². The lowest BCUT2D eigenvalue weighted by Gasteiger charge is -2.14. The number of benzene rings is 1. The van der Waals surface area contributed by atoms with Crippen LogP contribution in [0.4, 0.5) is 0 Å². The number of aliphatic carboxylic acids is 1. The summed E-state index contributed by atoms with van der Waals surface area (Å²) >= 11 is 18.1. The van der Waals surface area contributed by atoms with Crippen LogP contribution in [0.15, 0.2) is 39.7 Å². The largest absolute Gasteiger partial charge is 0.548 e. The van der Waals surface area contributed by atoms with Gasteiger partial charge in [0.25, 0.3) is 5.91 Å². The maximum Gasteiger partial charge on any atom is 0.266 e. The number of carboxylic acid groups (broad SMARTS) is 1. The number of thiocarbonyl (C=S) groups is 1. The van der Waals surface area contributed by atoms with Gasteiger partial charge in [0, 0.05) is 16.7 Å². The van der Waals surface area contributed by atoms with Crippen molar-refractivity contribution in [3.05, 3.63) is 51.0 Å². The number of furan rings is 1. The summed E-state index contributed by atoms with van der Waals surface area (Å²) in [5.41, 5.74) is 0.623. The highest BCUT2D eigenvalue weighted by Crippen LogP contribution is 2.35. The molecule has 0 unspecified atom stereocenters. The Morgan fingerprint density at radius 3 is 2.80 bits per heavy atom. The van der Waals surface area contributed by atoms with Gasteiger partial charge in [0.05, 0.1) is 22.4 Å². The maximum absolute atomic E-state index is 12.2. The molecule has 0 spiro atoms. The predicted molar refractivity (Wildman–Crippen MR) is 99.1 cm³/mol. The standard InChI is InChI=1S/C16H9Cl2NO4S2/c17-8-1-3-11(18)10(5-8)12-4-2-9(23-12)6-13-15(22)19(7-14(20)21)16(24)25-13/h1-6H,7H2,(H,20,21)/p-1/b13-6-. The van der Waals surface area contributed by atoms with Crippen LogP contribution in [0.2, 0.25) is 10.0 Å². The van der Waals surface area contributed by atoms with Crippen LogP contribution in [0.5, 0.6) is 0 Å². The van der Waals surface area contributed by atoms with Crippen LogP contribution in [0.3, 0.4) is 0 Å². The summed E-state index contributed by atoms with van der Waals surface area (Å²) < 4.78 is 5.85. The zero-order valence-electron chi connectivity index (χ0n) is 12.3. The molecule has 0 saturated carbocycles. The van der Waals surface area contributed by atoms with Gasteiger partial charge in [-0.2, -0.15) is 0 Å². The van der Waals surface area contributed by atoms with Crippen LogP contribution in [-0.2, 0) is 9.59 Å². The smallest absolute Gasteiger partial charge is 0.266 e. The number of carboxylic acids is 1. The predicted octanol–water partition coefficient (Wildman–Crippen LogP) is 3.20. The molecule has 1 aliphatic rings. The molecule has 5 nitrogen and oxygen atoms in total. The number of thioether (sulfide) groups is 1. The molecule has 2 aromatic rings. The first-order valence-electron chi connectivity index (χ1n) is 6.85. The molecule has 1 saturated heterocycles. The van der Waals surface area contributed by atoms with Gasteiger partial charge < -0.3 is 14.3 Å². The second-order valence-electron chi connectivity index (χ2n) is 4.97. The molecule has 1 fully saturated rings. The van der Waals surface area contributed by atoms with Gasteiger partial charge in [-0.3, -0.25) is 9.69 Å². The number of carbonyl (C=O) groups excluding carboxylic acids is 2. The van der Waals surface area contributed by atoms with E-state index in [-0.39, 0.29) is 9.23 Å². The van der Waals surface area contributed by atoms with E-state index in [0.717, 1.165) is 16.7 Å². The van der Waals surface area contributed by atoms with Crippen molar-refractivity contribution in [3.63, 3.8) is 0 Å². The van der Waals surface area contributed by atoms with Gasteiger partial charge >= 0.3 is 0 Å². The molecule has 0 radical (unpaired) electrons. The third-order valence-corrected chi connectivity index (χ3v) is 5.20. The molecule has 1 aromatic heterocycles. The second kappa shape index (κ2) is 7.21. The van der Waals surface area contributed by atoms with E-state index in [1.807, 2.05) is 0 Å². The van der Waals surface area contributed by atoms with E-state index in [9.17, 15) is 14.7 Å². The zero-order valence-corrected chi connectivity index (χ0v) is 15.5. The van der Waals surface area contributed by atoms with Crippen molar-refractivity contribution in [1.29, 1.82) is 0 Å². The number of amides is 1. The lowest BCUT2D eigenvalue weighted by atomic mass is 10.2. The Morgan fingerprint density at radius 2 is 2.08 bits per heavy atom. The normalized spacial score (nSPS) is 16.1. The van der Waals surface area contributed by atoms with Crippen molar-refractivity contribution in [2.45, 2.75) is 0 Å². The Labute approximate surface area is 162 Å². The summed E-state index contributed by atoms with van der Waals surface area (Å²) in [5.74, 6) is -0.990. The fraction of sp³-hybridized carbons (Fsp3) is 0.0625. The summed E-state index contributed by atoms with van der Waals surface area (Å²) in [6, 6.07) is 8.36. The van der Waals surface area contributed by atoms with Crippen LogP contribution in [0.1, 0.15) is 5.76 Å². The third kappa shape index (κ3) is 3.90. The Morgan fingerprint density at radius 1 is 1.32 bits per heavy atom. The quantitative estimate of drug-likeness (QED) is 0.566. The van der Waals surface area contributed by atoms with Crippen LogP contribution >= 0.6 is 47.2 Å². The first-order valence-corrected chi connectivity index (χ1v) is 8.83. The highest BCUT2D eigenvalue weighted by atomic mass is 35.5. The van der Waals surface area contributed by atoms with Crippen LogP contribution < -0.4 is 5.11 Å². The molecule has 2 heterocycles. The van der Waals surface area contributed by atoms with Crippen molar-refractivity contribution in [2.75, 3.05) is 6.54 Å². The number of rotatable bonds is 4. The van der Waals surface area contributed by atoms with Gasteiger partial charge in [-0.1, -0.05) is 47.2 Å². The summed E-state index contributed by atoms with van der Waals surface area (Å²) in [7, 11) is 0. The fourth-order valence-electron chi connectivity index (χ4n) is 2.16. The van der Waals surface area contributed by atoms with E-state index in [0.29, 0.717) is 27.1 Å². The molecule has 1 amide bonds. The Kier molecular flexibility index (Phi) is 5.19. The van der Waals surface area contributed by atoms with Crippen molar-refractivity contribution in [1.82, 2.24) is 4.90 Å². The molecule has 0 N–H and O–H groups in total. The molecule has 0 atom stereocenters. The van der Waals surface area contributed by atoms with Gasteiger partial charge in [0.2, 0.25) is 0 Å². The lowest BCUT2D eigenvalue weighted by molar-refractivity contribution is -0.305. The Hall–Kier alpha value is -1.80. The molecule has 1 aliphatic heterocycles. The molecular weight excluding hydrogens is 405 g/mol. The Bertz CT molecular complexity index is 923. The minimum Gasteiger partial charge on any atom is -0.548 e. The number of hydrogen-bond acceptors (Lipinski definition) is 6. The van der Waals surface area contributed by atoms with Gasteiger partial charge in [-0.25, -0.2) is 0 Å².